The summed E-state index contributed by atoms with van der Waals surface area (Å²) in [5.41, 5.74) is 0.703. The fourth-order valence-electron chi connectivity index (χ4n) is 1.32. The number of hydrogen-bond donors (Lipinski definition) is 1. The zero-order valence-corrected chi connectivity index (χ0v) is 10.8. The molecule has 0 saturated carbocycles. The van der Waals surface area contributed by atoms with E-state index in [9.17, 15) is 10.1 Å². The molecule has 0 amide bonds. The Morgan fingerprint density at radius 3 is 2.82 bits per heavy atom. The van der Waals surface area contributed by atoms with Crippen molar-refractivity contribution in [1.82, 2.24) is 4.98 Å². The zero-order chi connectivity index (χ0) is 12.3. The van der Waals surface area contributed by atoms with Crippen LogP contribution in [-0.2, 0) is 0 Å². The highest BCUT2D eigenvalue weighted by molar-refractivity contribution is 14.1. The molecule has 0 aliphatic rings. The summed E-state index contributed by atoms with van der Waals surface area (Å²) >= 11 is 2.18. The standard InChI is InChI=1S/C11H8IN3O2/c12-8-4-5-13-11(6-8)14-9-2-1-3-10(7-9)15(16)17/h1-7H,(H,13,14). The van der Waals surface area contributed by atoms with Crippen molar-refractivity contribution in [2.24, 2.45) is 0 Å². The predicted molar refractivity (Wildman–Crippen MR) is 73.3 cm³/mol. The number of nitrogens with zero attached hydrogens (tertiary/aromatic N) is 2. The largest absolute Gasteiger partial charge is 0.340 e. The summed E-state index contributed by atoms with van der Waals surface area (Å²) in [5, 5.41) is 13.6. The quantitative estimate of drug-likeness (QED) is 0.528. The Morgan fingerprint density at radius 1 is 1.29 bits per heavy atom. The van der Waals surface area contributed by atoms with Crippen LogP contribution in [-0.4, -0.2) is 9.91 Å². The van der Waals surface area contributed by atoms with Gasteiger partial charge in [0, 0.05) is 27.6 Å². The molecule has 0 radical (unpaired) electrons. The molecule has 17 heavy (non-hydrogen) atoms. The summed E-state index contributed by atoms with van der Waals surface area (Å²) < 4.78 is 1.05. The van der Waals surface area contributed by atoms with E-state index in [-0.39, 0.29) is 5.69 Å². The molecule has 0 saturated heterocycles. The monoisotopic (exact) mass is 341 g/mol. The average Bonchev–Trinajstić information content (AvgIpc) is 2.29. The number of nitro groups is 1. The van der Waals surface area contributed by atoms with Crippen molar-refractivity contribution in [3.8, 4) is 0 Å². The molecule has 1 aromatic carbocycles. The van der Waals surface area contributed by atoms with E-state index >= 15 is 0 Å². The average molecular weight is 341 g/mol. The van der Waals surface area contributed by atoms with Gasteiger partial charge >= 0.3 is 0 Å². The molecule has 6 heteroatoms. The molecule has 86 valence electrons. The van der Waals surface area contributed by atoms with E-state index in [1.807, 2.05) is 12.1 Å². The predicted octanol–water partition coefficient (Wildman–Crippen LogP) is 3.34. The molecule has 1 N–H and O–H groups in total. The molecule has 0 bridgehead atoms. The Bertz CT molecular complexity index is 560. The summed E-state index contributed by atoms with van der Waals surface area (Å²) in [6.45, 7) is 0. The highest BCUT2D eigenvalue weighted by atomic mass is 127. The lowest BCUT2D eigenvalue weighted by Crippen LogP contribution is -1.95. The topological polar surface area (TPSA) is 68.1 Å². The summed E-state index contributed by atoms with van der Waals surface area (Å²) in [4.78, 5) is 14.3. The van der Waals surface area contributed by atoms with E-state index in [0.29, 0.717) is 11.5 Å². The maximum Gasteiger partial charge on any atom is 0.271 e. The first-order valence-corrected chi connectivity index (χ1v) is 5.86. The van der Waals surface area contributed by atoms with Crippen LogP contribution in [0, 0.1) is 13.7 Å². The van der Waals surface area contributed by atoms with Crippen molar-refractivity contribution < 1.29 is 4.92 Å². The number of pyridine rings is 1. The molecule has 0 fully saturated rings. The Hall–Kier alpha value is -1.70. The minimum atomic E-state index is -0.423. The highest BCUT2D eigenvalue weighted by Crippen LogP contribution is 2.20. The van der Waals surface area contributed by atoms with Gasteiger partial charge in [0.1, 0.15) is 5.82 Å². The molecule has 0 spiro atoms. The number of halogens is 1. The van der Waals surface area contributed by atoms with Gasteiger partial charge in [0.15, 0.2) is 0 Å². The highest BCUT2D eigenvalue weighted by Gasteiger charge is 2.05. The van der Waals surface area contributed by atoms with E-state index in [0.717, 1.165) is 3.57 Å². The molecular formula is C11H8IN3O2. The van der Waals surface area contributed by atoms with E-state index in [1.54, 1.807) is 18.3 Å². The van der Waals surface area contributed by atoms with Crippen molar-refractivity contribution in [3.63, 3.8) is 0 Å². The summed E-state index contributed by atoms with van der Waals surface area (Å²) in [6, 6.07) is 10.1. The van der Waals surface area contributed by atoms with Crippen LogP contribution < -0.4 is 5.32 Å². The van der Waals surface area contributed by atoms with Crippen LogP contribution in [0.2, 0.25) is 0 Å². The van der Waals surface area contributed by atoms with Gasteiger partial charge in [0.2, 0.25) is 0 Å². The Kier molecular flexibility index (Phi) is 3.52. The lowest BCUT2D eigenvalue weighted by atomic mass is 10.3. The fourth-order valence-corrected chi connectivity index (χ4v) is 1.77. The van der Waals surface area contributed by atoms with Crippen LogP contribution in [0.4, 0.5) is 17.2 Å². The fraction of sp³-hybridized carbons (Fsp3) is 0. The summed E-state index contributed by atoms with van der Waals surface area (Å²) in [7, 11) is 0. The second-order valence-corrected chi connectivity index (χ2v) is 4.54. The van der Waals surface area contributed by atoms with E-state index in [1.165, 1.54) is 12.1 Å². The minimum absolute atomic E-state index is 0.0561. The second kappa shape index (κ2) is 5.09. The summed E-state index contributed by atoms with van der Waals surface area (Å²) in [6.07, 6.45) is 1.68. The van der Waals surface area contributed by atoms with E-state index < -0.39 is 4.92 Å². The first-order valence-electron chi connectivity index (χ1n) is 4.78. The Balaban J connectivity index is 2.24. The number of aromatic nitrogens is 1. The molecular weight excluding hydrogens is 333 g/mol. The summed E-state index contributed by atoms with van der Waals surface area (Å²) in [5.74, 6) is 0.664. The first-order chi connectivity index (χ1) is 8.15. The SMILES string of the molecule is O=[N+]([O-])c1cccc(Nc2cc(I)ccn2)c1. The van der Waals surface area contributed by atoms with Crippen molar-refractivity contribution in [1.29, 1.82) is 0 Å². The molecule has 0 unspecified atom stereocenters. The second-order valence-electron chi connectivity index (χ2n) is 3.29. The molecule has 1 aromatic heterocycles. The van der Waals surface area contributed by atoms with Gasteiger partial charge in [-0.3, -0.25) is 10.1 Å². The van der Waals surface area contributed by atoms with Gasteiger partial charge in [-0.2, -0.15) is 0 Å². The lowest BCUT2D eigenvalue weighted by molar-refractivity contribution is -0.384. The number of anilines is 2. The molecule has 0 aliphatic heterocycles. The molecule has 2 aromatic rings. The van der Waals surface area contributed by atoms with Gasteiger partial charge in [-0.15, -0.1) is 0 Å². The first kappa shape index (κ1) is 11.8. The third-order valence-corrected chi connectivity index (χ3v) is 2.72. The van der Waals surface area contributed by atoms with Gasteiger partial charge in [-0.05, 0) is 40.8 Å². The number of non-ortho nitro benzene ring substituents is 1. The smallest absolute Gasteiger partial charge is 0.271 e. The number of rotatable bonds is 3. The third-order valence-electron chi connectivity index (χ3n) is 2.05. The van der Waals surface area contributed by atoms with E-state index in [2.05, 4.69) is 32.9 Å². The van der Waals surface area contributed by atoms with Crippen LogP contribution in [0.3, 0.4) is 0 Å². The minimum Gasteiger partial charge on any atom is -0.340 e. The van der Waals surface area contributed by atoms with Crippen LogP contribution in [0.25, 0.3) is 0 Å². The van der Waals surface area contributed by atoms with Gasteiger partial charge in [0.25, 0.3) is 5.69 Å². The molecule has 0 aliphatic carbocycles. The molecule has 5 nitrogen and oxygen atoms in total. The van der Waals surface area contributed by atoms with Gasteiger partial charge in [-0.1, -0.05) is 6.07 Å². The van der Waals surface area contributed by atoms with Crippen LogP contribution in [0.5, 0.6) is 0 Å². The Labute approximate surface area is 111 Å². The van der Waals surface area contributed by atoms with Gasteiger partial charge in [-0.25, -0.2) is 4.98 Å². The number of nitrogens with one attached hydrogen (secondary N) is 1. The molecule has 2 rings (SSSR count). The van der Waals surface area contributed by atoms with Crippen molar-refractivity contribution in [3.05, 3.63) is 56.3 Å². The number of nitro benzene ring substituents is 1. The van der Waals surface area contributed by atoms with Gasteiger partial charge < -0.3 is 5.32 Å². The van der Waals surface area contributed by atoms with Crippen LogP contribution in [0.1, 0.15) is 0 Å². The maximum atomic E-state index is 10.6. The van der Waals surface area contributed by atoms with Gasteiger partial charge in [0.05, 0.1) is 4.92 Å². The van der Waals surface area contributed by atoms with Crippen LogP contribution in [0.15, 0.2) is 42.6 Å². The zero-order valence-electron chi connectivity index (χ0n) is 8.63. The molecule has 1 heterocycles. The lowest BCUT2D eigenvalue weighted by Gasteiger charge is -2.05. The van der Waals surface area contributed by atoms with Crippen molar-refractivity contribution in [2.45, 2.75) is 0 Å². The normalized spacial score (nSPS) is 9.94. The maximum absolute atomic E-state index is 10.6. The van der Waals surface area contributed by atoms with Crippen LogP contribution >= 0.6 is 22.6 Å². The number of benzene rings is 1. The van der Waals surface area contributed by atoms with Crippen molar-refractivity contribution in [2.75, 3.05) is 5.32 Å². The third kappa shape index (κ3) is 3.13. The van der Waals surface area contributed by atoms with Crippen molar-refractivity contribution >= 4 is 39.8 Å². The molecule has 0 atom stereocenters. The number of hydrogen-bond acceptors (Lipinski definition) is 4. The van der Waals surface area contributed by atoms with E-state index in [4.69, 9.17) is 0 Å². The Morgan fingerprint density at radius 2 is 2.12 bits per heavy atom.